The molecule has 2 rings (SSSR count). The highest BCUT2D eigenvalue weighted by Crippen LogP contribution is 2.43. The van der Waals surface area contributed by atoms with Crippen LogP contribution in [0.1, 0.15) is 45.1 Å². The molecule has 3 N–H and O–H groups in total. The Labute approximate surface area is 116 Å². The molecule has 1 unspecified atom stereocenters. The molecule has 1 aromatic carbocycles. The number of nitrogens with two attached hydrogens (primary N) is 1. The SMILES string of the molecule is CC(C)OCC(NN)C1(c2ccccc2)CCCC1. The average Bonchev–Trinajstić information content (AvgIpc) is 2.91. The van der Waals surface area contributed by atoms with E-state index in [0.29, 0.717) is 6.61 Å². The van der Waals surface area contributed by atoms with E-state index >= 15 is 0 Å². The molecule has 1 aliphatic rings. The molecule has 0 aliphatic heterocycles. The van der Waals surface area contributed by atoms with Crippen molar-refractivity contribution >= 4 is 0 Å². The van der Waals surface area contributed by atoms with Gasteiger partial charge in [0, 0.05) is 5.41 Å². The average molecular weight is 262 g/mol. The fraction of sp³-hybridized carbons (Fsp3) is 0.625. The van der Waals surface area contributed by atoms with Gasteiger partial charge in [0.15, 0.2) is 0 Å². The first kappa shape index (κ1) is 14.5. The normalized spacial score (nSPS) is 19.8. The second-order valence-electron chi connectivity index (χ2n) is 5.83. The van der Waals surface area contributed by atoms with Crippen molar-refractivity contribution in [3.05, 3.63) is 35.9 Å². The maximum atomic E-state index is 5.83. The molecule has 19 heavy (non-hydrogen) atoms. The number of hydrogen-bond donors (Lipinski definition) is 2. The van der Waals surface area contributed by atoms with Crippen molar-refractivity contribution in [3.8, 4) is 0 Å². The monoisotopic (exact) mass is 262 g/mol. The molecule has 1 atom stereocenters. The van der Waals surface area contributed by atoms with Crippen LogP contribution in [0.3, 0.4) is 0 Å². The molecular formula is C16H26N2O. The molecule has 0 radical (unpaired) electrons. The Kier molecular flexibility index (Phi) is 4.97. The van der Waals surface area contributed by atoms with E-state index in [1.165, 1.54) is 31.2 Å². The summed E-state index contributed by atoms with van der Waals surface area (Å²) in [6.07, 6.45) is 5.16. The van der Waals surface area contributed by atoms with Crippen LogP contribution in [0, 0.1) is 0 Å². The fourth-order valence-corrected chi connectivity index (χ4v) is 3.27. The van der Waals surface area contributed by atoms with Crippen molar-refractivity contribution in [3.63, 3.8) is 0 Å². The van der Waals surface area contributed by atoms with Crippen molar-refractivity contribution < 1.29 is 4.74 Å². The Morgan fingerprint density at radius 3 is 2.37 bits per heavy atom. The molecule has 1 fully saturated rings. The van der Waals surface area contributed by atoms with Gasteiger partial charge in [-0.25, -0.2) is 0 Å². The second kappa shape index (κ2) is 6.51. The summed E-state index contributed by atoms with van der Waals surface area (Å²) in [5.74, 6) is 5.83. The molecule has 0 amide bonds. The van der Waals surface area contributed by atoms with Gasteiger partial charge in [-0.3, -0.25) is 11.3 Å². The standard InChI is InChI=1S/C16H26N2O/c1-13(2)19-12-15(18-17)16(10-6-7-11-16)14-8-4-3-5-9-14/h3-5,8-9,13,15,18H,6-7,10-12,17H2,1-2H3. The van der Waals surface area contributed by atoms with Gasteiger partial charge in [0.25, 0.3) is 0 Å². The number of hydrazine groups is 1. The largest absolute Gasteiger partial charge is 0.377 e. The summed E-state index contributed by atoms with van der Waals surface area (Å²) >= 11 is 0. The summed E-state index contributed by atoms with van der Waals surface area (Å²) in [4.78, 5) is 0. The molecular weight excluding hydrogens is 236 g/mol. The van der Waals surface area contributed by atoms with Gasteiger partial charge in [0.2, 0.25) is 0 Å². The zero-order chi connectivity index (χ0) is 13.7. The van der Waals surface area contributed by atoms with Gasteiger partial charge in [-0.15, -0.1) is 0 Å². The van der Waals surface area contributed by atoms with E-state index in [1.54, 1.807) is 0 Å². The number of benzene rings is 1. The molecule has 0 bridgehead atoms. The third-order valence-corrected chi connectivity index (χ3v) is 4.31. The minimum Gasteiger partial charge on any atom is -0.377 e. The lowest BCUT2D eigenvalue weighted by Crippen LogP contribution is -2.53. The Bertz CT molecular complexity index is 372. The molecule has 1 saturated carbocycles. The van der Waals surface area contributed by atoms with E-state index in [2.05, 4.69) is 49.6 Å². The minimum absolute atomic E-state index is 0.130. The van der Waals surface area contributed by atoms with Crippen molar-refractivity contribution in [1.29, 1.82) is 0 Å². The third-order valence-electron chi connectivity index (χ3n) is 4.31. The molecule has 1 aliphatic carbocycles. The van der Waals surface area contributed by atoms with Crippen LogP contribution in [0.2, 0.25) is 0 Å². The van der Waals surface area contributed by atoms with Crippen molar-refractivity contribution in [2.24, 2.45) is 5.84 Å². The summed E-state index contributed by atoms with van der Waals surface area (Å²) in [6, 6.07) is 10.9. The van der Waals surface area contributed by atoms with Crippen LogP contribution in [-0.2, 0) is 10.2 Å². The van der Waals surface area contributed by atoms with Crippen molar-refractivity contribution in [2.45, 2.75) is 57.1 Å². The lowest BCUT2D eigenvalue weighted by molar-refractivity contribution is 0.0417. The van der Waals surface area contributed by atoms with Gasteiger partial charge < -0.3 is 4.74 Å². The predicted molar refractivity (Wildman–Crippen MR) is 78.8 cm³/mol. The zero-order valence-electron chi connectivity index (χ0n) is 12.1. The summed E-state index contributed by atoms with van der Waals surface area (Å²) in [6.45, 7) is 4.80. The van der Waals surface area contributed by atoms with Crippen LogP contribution in [-0.4, -0.2) is 18.8 Å². The number of nitrogens with one attached hydrogen (secondary N) is 1. The van der Waals surface area contributed by atoms with Crippen LogP contribution in [0.5, 0.6) is 0 Å². The number of hydrogen-bond acceptors (Lipinski definition) is 3. The van der Waals surface area contributed by atoms with E-state index in [4.69, 9.17) is 10.6 Å². The van der Waals surface area contributed by atoms with Crippen LogP contribution >= 0.6 is 0 Å². The predicted octanol–water partition coefficient (Wildman–Crippen LogP) is 2.76. The number of rotatable bonds is 6. The van der Waals surface area contributed by atoms with E-state index in [9.17, 15) is 0 Å². The minimum atomic E-state index is 0.130. The van der Waals surface area contributed by atoms with Gasteiger partial charge in [-0.2, -0.15) is 0 Å². The first-order chi connectivity index (χ1) is 9.19. The molecule has 0 spiro atoms. The molecule has 0 saturated heterocycles. The Hall–Kier alpha value is -0.900. The van der Waals surface area contributed by atoms with Crippen LogP contribution in [0.4, 0.5) is 0 Å². The van der Waals surface area contributed by atoms with Crippen LogP contribution in [0.25, 0.3) is 0 Å². The molecule has 0 aromatic heterocycles. The maximum absolute atomic E-state index is 5.83. The first-order valence-corrected chi connectivity index (χ1v) is 7.32. The van der Waals surface area contributed by atoms with Gasteiger partial charge in [-0.05, 0) is 32.3 Å². The molecule has 106 valence electrons. The van der Waals surface area contributed by atoms with Gasteiger partial charge in [0.1, 0.15) is 0 Å². The summed E-state index contributed by atoms with van der Waals surface area (Å²) < 4.78 is 5.81. The van der Waals surface area contributed by atoms with E-state index in [0.717, 1.165) is 0 Å². The Balaban J connectivity index is 2.22. The van der Waals surface area contributed by atoms with Gasteiger partial charge in [0.05, 0.1) is 18.8 Å². The number of ether oxygens (including phenoxy) is 1. The third kappa shape index (κ3) is 3.16. The molecule has 1 aromatic rings. The highest BCUT2D eigenvalue weighted by atomic mass is 16.5. The fourth-order valence-electron chi connectivity index (χ4n) is 3.27. The summed E-state index contributed by atoms with van der Waals surface area (Å²) in [7, 11) is 0. The van der Waals surface area contributed by atoms with E-state index in [-0.39, 0.29) is 17.6 Å². The summed E-state index contributed by atoms with van der Waals surface area (Å²) in [5.41, 5.74) is 4.54. The van der Waals surface area contributed by atoms with E-state index < -0.39 is 0 Å². The van der Waals surface area contributed by atoms with Crippen molar-refractivity contribution in [1.82, 2.24) is 5.43 Å². The lowest BCUT2D eigenvalue weighted by atomic mass is 9.73. The maximum Gasteiger partial charge on any atom is 0.0645 e. The smallest absolute Gasteiger partial charge is 0.0645 e. The topological polar surface area (TPSA) is 47.3 Å². The van der Waals surface area contributed by atoms with Crippen molar-refractivity contribution in [2.75, 3.05) is 6.61 Å². The van der Waals surface area contributed by atoms with Crippen LogP contribution < -0.4 is 11.3 Å². The molecule has 3 heteroatoms. The lowest BCUT2D eigenvalue weighted by Gasteiger charge is -2.38. The first-order valence-electron chi connectivity index (χ1n) is 7.32. The Morgan fingerprint density at radius 1 is 1.21 bits per heavy atom. The van der Waals surface area contributed by atoms with Gasteiger partial charge >= 0.3 is 0 Å². The quantitative estimate of drug-likeness (QED) is 0.612. The van der Waals surface area contributed by atoms with Crippen LogP contribution in [0.15, 0.2) is 30.3 Å². The highest BCUT2D eigenvalue weighted by Gasteiger charge is 2.42. The molecule has 0 heterocycles. The second-order valence-corrected chi connectivity index (χ2v) is 5.83. The highest BCUT2D eigenvalue weighted by molar-refractivity contribution is 5.29. The molecule has 3 nitrogen and oxygen atoms in total. The van der Waals surface area contributed by atoms with Gasteiger partial charge in [-0.1, -0.05) is 43.2 Å². The summed E-state index contributed by atoms with van der Waals surface area (Å²) in [5, 5.41) is 0. The Morgan fingerprint density at radius 2 is 1.84 bits per heavy atom. The van der Waals surface area contributed by atoms with E-state index in [1.807, 2.05) is 0 Å². The zero-order valence-corrected chi connectivity index (χ0v) is 12.1.